The average molecular weight is 197 g/mol. The van der Waals surface area contributed by atoms with Crippen LogP contribution in [0.3, 0.4) is 0 Å². The lowest BCUT2D eigenvalue weighted by Crippen LogP contribution is -2.27. The Bertz CT molecular complexity index is 376. The molecule has 0 saturated carbocycles. The van der Waals surface area contributed by atoms with Gasteiger partial charge in [-0.2, -0.15) is 0 Å². The topological polar surface area (TPSA) is 41.1 Å². The molecule has 0 atom stereocenters. The standard InChI is InChI=1S/C9H9ClN2O/c1-5-2-8-7(3-6(5)10)11-4-9(13)12-8/h2-3,11H,4H2,1H3,(H,12,13). The van der Waals surface area contributed by atoms with Gasteiger partial charge in [0, 0.05) is 5.02 Å². The lowest BCUT2D eigenvalue weighted by Gasteiger charge is -2.19. The summed E-state index contributed by atoms with van der Waals surface area (Å²) < 4.78 is 0. The molecule has 0 aliphatic carbocycles. The second-order valence-electron chi connectivity index (χ2n) is 3.05. The van der Waals surface area contributed by atoms with Crippen molar-refractivity contribution in [2.24, 2.45) is 0 Å². The molecule has 68 valence electrons. The van der Waals surface area contributed by atoms with Crippen molar-refractivity contribution in [3.8, 4) is 0 Å². The number of carbonyl (C=O) groups excluding carboxylic acids is 1. The zero-order valence-corrected chi connectivity index (χ0v) is 7.90. The van der Waals surface area contributed by atoms with Gasteiger partial charge in [0.2, 0.25) is 5.91 Å². The molecule has 1 aromatic carbocycles. The first kappa shape index (κ1) is 8.38. The summed E-state index contributed by atoms with van der Waals surface area (Å²) in [5.74, 6) is -0.0192. The van der Waals surface area contributed by atoms with E-state index in [4.69, 9.17) is 11.6 Å². The Morgan fingerprint density at radius 1 is 1.38 bits per heavy atom. The lowest BCUT2D eigenvalue weighted by atomic mass is 10.1. The van der Waals surface area contributed by atoms with E-state index in [-0.39, 0.29) is 5.91 Å². The number of nitrogens with one attached hydrogen (secondary N) is 2. The van der Waals surface area contributed by atoms with Crippen molar-refractivity contribution >= 4 is 28.9 Å². The number of anilines is 2. The fourth-order valence-corrected chi connectivity index (χ4v) is 1.46. The van der Waals surface area contributed by atoms with Crippen LogP contribution in [0.1, 0.15) is 5.56 Å². The molecule has 3 nitrogen and oxygen atoms in total. The smallest absolute Gasteiger partial charge is 0.243 e. The molecule has 2 rings (SSSR count). The van der Waals surface area contributed by atoms with Crippen LogP contribution in [0, 0.1) is 6.92 Å². The van der Waals surface area contributed by atoms with E-state index >= 15 is 0 Å². The molecule has 0 radical (unpaired) electrons. The van der Waals surface area contributed by atoms with E-state index < -0.39 is 0 Å². The zero-order chi connectivity index (χ0) is 9.42. The Balaban J connectivity index is 2.49. The molecule has 0 fully saturated rings. The highest BCUT2D eigenvalue weighted by Gasteiger charge is 2.14. The monoisotopic (exact) mass is 196 g/mol. The maximum Gasteiger partial charge on any atom is 0.243 e. The van der Waals surface area contributed by atoms with Gasteiger partial charge in [-0.3, -0.25) is 4.79 Å². The summed E-state index contributed by atoms with van der Waals surface area (Å²) in [6.45, 7) is 2.22. The number of hydrogen-bond acceptors (Lipinski definition) is 2. The molecule has 1 aromatic rings. The fraction of sp³-hybridized carbons (Fsp3) is 0.222. The van der Waals surface area contributed by atoms with E-state index in [0.29, 0.717) is 11.6 Å². The summed E-state index contributed by atoms with van der Waals surface area (Å²) in [7, 11) is 0. The Morgan fingerprint density at radius 2 is 2.15 bits per heavy atom. The van der Waals surface area contributed by atoms with Crippen molar-refractivity contribution in [1.82, 2.24) is 0 Å². The number of fused-ring (bicyclic) bond motifs is 1. The van der Waals surface area contributed by atoms with Crippen LogP contribution >= 0.6 is 11.6 Å². The third kappa shape index (κ3) is 1.47. The van der Waals surface area contributed by atoms with E-state index in [1.807, 2.05) is 19.1 Å². The van der Waals surface area contributed by atoms with Crippen LogP contribution in [-0.4, -0.2) is 12.5 Å². The summed E-state index contributed by atoms with van der Waals surface area (Å²) in [4.78, 5) is 11.0. The third-order valence-electron chi connectivity index (χ3n) is 2.01. The molecule has 2 N–H and O–H groups in total. The Labute approximate surface area is 81.1 Å². The van der Waals surface area contributed by atoms with Crippen molar-refractivity contribution in [1.29, 1.82) is 0 Å². The van der Waals surface area contributed by atoms with Crippen molar-refractivity contribution in [2.75, 3.05) is 17.2 Å². The van der Waals surface area contributed by atoms with Gasteiger partial charge in [-0.05, 0) is 24.6 Å². The number of rotatable bonds is 0. The van der Waals surface area contributed by atoms with Crippen LogP contribution < -0.4 is 10.6 Å². The number of benzene rings is 1. The second kappa shape index (κ2) is 2.92. The SMILES string of the molecule is Cc1cc2c(cc1Cl)NCC(=O)N2. The minimum Gasteiger partial charge on any atom is -0.374 e. The summed E-state index contributed by atoms with van der Waals surface area (Å²) in [6.07, 6.45) is 0. The van der Waals surface area contributed by atoms with Crippen molar-refractivity contribution in [3.63, 3.8) is 0 Å². The summed E-state index contributed by atoms with van der Waals surface area (Å²) in [5, 5.41) is 6.46. The molecule has 0 aromatic heterocycles. The predicted molar refractivity (Wildman–Crippen MR) is 53.3 cm³/mol. The van der Waals surface area contributed by atoms with E-state index in [2.05, 4.69) is 10.6 Å². The average Bonchev–Trinajstić information content (AvgIpc) is 2.08. The van der Waals surface area contributed by atoms with Gasteiger partial charge in [0.05, 0.1) is 17.9 Å². The number of aryl methyl sites for hydroxylation is 1. The van der Waals surface area contributed by atoms with Gasteiger partial charge >= 0.3 is 0 Å². The lowest BCUT2D eigenvalue weighted by molar-refractivity contribution is -0.114. The molecule has 1 aliphatic heterocycles. The zero-order valence-electron chi connectivity index (χ0n) is 7.15. The number of carbonyl (C=O) groups is 1. The third-order valence-corrected chi connectivity index (χ3v) is 2.42. The summed E-state index contributed by atoms with van der Waals surface area (Å²) >= 11 is 5.93. The summed E-state index contributed by atoms with van der Waals surface area (Å²) in [5.41, 5.74) is 2.65. The number of amides is 1. The molecule has 0 saturated heterocycles. The maximum atomic E-state index is 11.0. The van der Waals surface area contributed by atoms with Gasteiger partial charge in [-0.25, -0.2) is 0 Å². The van der Waals surface area contributed by atoms with Crippen LogP contribution in [0.4, 0.5) is 11.4 Å². The number of hydrogen-bond donors (Lipinski definition) is 2. The minimum atomic E-state index is -0.0192. The highest BCUT2D eigenvalue weighted by molar-refractivity contribution is 6.32. The van der Waals surface area contributed by atoms with Gasteiger partial charge in [0.1, 0.15) is 0 Å². The van der Waals surface area contributed by atoms with Gasteiger partial charge in [0.15, 0.2) is 0 Å². The van der Waals surface area contributed by atoms with Crippen molar-refractivity contribution in [3.05, 3.63) is 22.7 Å². The van der Waals surface area contributed by atoms with Crippen LogP contribution in [0.5, 0.6) is 0 Å². The van der Waals surface area contributed by atoms with Gasteiger partial charge in [-0.15, -0.1) is 0 Å². The second-order valence-corrected chi connectivity index (χ2v) is 3.46. The van der Waals surface area contributed by atoms with Crippen LogP contribution in [0.15, 0.2) is 12.1 Å². The molecular weight excluding hydrogens is 188 g/mol. The normalized spacial score (nSPS) is 14.5. The van der Waals surface area contributed by atoms with Crippen LogP contribution in [-0.2, 0) is 4.79 Å². The molecule has 1 heterocycles. The quantitative estimate of drug-likeness (QED) is 0.667. The number of halogens is 1. The predicted octanol–water partition coefficient (Wildman–Crippen LogP) is 2.01. The molecule has 4 heteroatoms. The highest BCUT2D eigenvalue weighted by atomic mass is 35.5. The van der Waals surface area contributed by atoms with Crippen LogP contribution in [0.25, 0.3) is 0 Å². The molecule has 0 bridgehead atoms. The molecule has 13 heavy (non-hydrogen) atoms. The van der Waals surface area contributed by atoms with Gasteiger partial charge < -0.3 is 10.6 Å². The van der Waals surface area contributed by atoms with Crippen LogP contribution in [0.2, 0.25) is 5.02 Å². The first-order valence-corrected chi connectivity index (χ1v) is 4.38. The minimum absolute atomic E-state index is 0.0192. The van der Waals surface area contributed by atoms with Gasteiger partial charge in [-0.1, -0.05) is 11.6 Å². The molecule has 1 aliphatic rings. The largest absolute Gasteiger partial charge is 0.374 e. The fourth-order valence-electron chi connectivity index (χ4n) is 1.30. The van der Waals surface area contributed by atoms with Gasteiger partial charge in [0.25, 0.3) is 0 Å². The molecule has 1 amide bonds. The Morgan fingerprint density at radius 3 is 2.92 bits per heavy atom. The Kier molecular flexibility index (Phi) is 1.88. The van der Waals surface area contributed by atoms with E-state index in [1.54, 1.807) is 0 Å². The maximum absolute atomic E-state index is 11.0. The Hall–Kier alpha value is -1.22. The van der Waals surface area contributed by atoms with Crippen molar-refractivity contribution < 1.29 is 4.79 Å². The molecule has 0 spiro atoms. The van der Waals surface area contributed by atoms with E-state index in [1.165, 1.54) is 0 Å². The first-order valence-electron chi connectivity index (χ1n) is 4.00. The van der Waals surface area contributed by atoms with E-state index in [9.17, 15) is 4.79 Å². The first-order chi connectivity index (χ1) is 6.16. The van der Waals surface area contributed by atoms with Crippen molar-refractivity contribution in [2.45, 2.75) is 6.92 Å². The molecular formula is C9H9ClN2O. The summed E-state index contributed by atoms with van der Waals surface area (Å²) in [6, 6.07) is 3.69. The highest BCUT2D eigenvalue weighted by Crippen LogP contribution is 2.30. The van der Waals surface area contributed by atoms with E-state index in [0.717, 1.165) is 16.9 Å². The molecule has 0 unspecified atom stereocenters.